The fourth-order valence-electron chi connectivity index (χ4n) is 1.39. The molecular formula is C14H17NO4. The summed E-state index contributed by atoms with van der Waals surface area (Å²) in [6.07, 6.45) is 1.69. The van der Waals surface area contributed by atoms with Crippen LogP contribution in [0.25, 0.3) is 0 Å². The monoisotopic (exact) mass is 263 g/mol. The topological polar surface area (TPSA) is 79.7 Å². The number of rotatable bonds is 5. The molecule has 2 N–H and O–H groups in total. The molecule has 1 heterocycles. The van der Waals surface area contributed by atoms with Crippen LogP contribution in [0.3, 0.4) is 0 Å². The van der Waals surface area contributed by atoms with Crippen LogP contribution in [0.15, 0.2) is 12.1 Å². The standard InChI is InChI=1S/C14H17NO4/c1-19-14(18)9-7-12-13(17)8-6-11(15-12)5-3-2-4-10-16/h6,8,16-17H,2,4,7,9-10H2,1H3. The van der Waals surface area contributed by atoms with Crippen LogP contribution in [0.2, 0.25) is 0 Å². The third-order valence-corrected chi connectivity index (χ3v) is 2.42. The Balaban J connectivity index is 2.70. The highest BCUT2D eigenvalue weighted by molar-refractivity contribution is 5.69. The summed E-state index contributed by atoms with van der Waals surface area (Å²) in [7, 11) is 1.32. The first-order valence-corrected chi connectivity index (χ1v) is 6.02. The predicted octanol–water partition coefficient (Wildman–Crippen LogP) is 1.02. The molecule has 0 unspecified atom stereocenters. The van der Waals surface area contributed by atoms with Crippen LogP contribution in [0.4, 0.5) is 0 Å². The summed E-state index contributed by atoms with van der Waals surface area (Å²) in [5.74, 6) is 5.43. The number of esters is 1. The van der Waals surface area contributed by atoms with Crippen LogP contribution < -0.4 is 0 Å². The van der Waals surface area contributed by atoms with Gasteiger partial charge in [0, 0.05) is 19.4 Å². The second-order valence-corrected chi connectivity index (χ2v) is 3.87. The molecular weight excluding hydrogens is 246 g/mol. The summed E-state index contributed by atoms with van der Waals surface area (Å²) in [5.41, 5.74) is 0.968. The van der Waals surface area contributed by atoms with E-state index in [1.54, 1.807) is 6.07 Å². The number of carbonyl (C=O) groups is 1. The molecule has 1 aromatic rings. The predicted molar refractivity (Wildman–Crippen MR) is 69.4 cm³/mol. The lowest BCUT2D eigenvalue weighted by Gasteiger charge is -2.03. The maximum atomic E-state index is 11.0. The van der Waals surface area contributed by atoms with Crippen molar-refractivity contribution < 1.29 is 19.7 Å². The Hall–Kier alpha value is -2.06. The smallest absolute Gasteiger partial charge is 0.305 e. The van der Waals surface area contributed by atoms with Crippen molar-refractivity contribution in [1.29, 1.82) is 0 Å². The van der Waals surface area contributed by atoms with E-state index in [0.717, 1.165) is 0 Å². The Kier molecular flexibility index (Phi) is 6.41. The van der Waals surface area contributed by atoms with Crippen molar-refractivity contribution in [3.05, 3.63) is 23.5 Å². The highest BCUT2D eigenvalue weighted by Crippen LogP contribution is 2.16. The van der Waals surface area contributed by atoms with E-state index in [1.807, 2.05) is 0 Å². The number of aryl methyl sites for hydroxylation is 1. The highest BCUT2D eigenvalue weighted by Gasteiger charge is 2.07. The van der Waals surface area contributed by atoms with E-state index >= 15 is 0 Å². The molecule has 0 aliphatic heterocycles. The number of unbranched alkanes of at least 4 members (excludes halogenated alkanes) is 1. The van der Waals surface area contributed by atoms with Gasteiger partial charge in [-0.2, -0.15) is 0 Å². The normalized spacial score (nSPS) is 9.58. The molecule has 0 aliphatic carbocycles. The summed E-state index contributed by atoms with van der Waals surface area (Å²) < 4.78 is 4.53. The van der Waals surface area contributed by atoms with Gasteiger partial charge in [-0.25, -0.2) is 4.98 Å². The van der Waals surface area contributed by atoms with Gasteiger partial charge in [0.1, 0.15) is 11.4 Å². The van der Waals surface area contributed by atoms with Gasteiger partial charge in [0.25, 0.3) is 0 Å². The second kappa shape index (κ2) is 8.11. The molecule has 5 heteroatoms. The minimum atomic E-state index is -0.347. The van der Waals surface area contributed by atoms with Gasteiger partial charge in [-0.1, -0.05) is 5.92 Å². The first-order valence-electron chi connectivity index (χ1n) is 6.02. The van der Waals surface area contributed by atoms with E-state index in [0.29, 0.717) is 30.7 Å². The van der Waals surface area contributed by atoms with Gasteiger partial charge in [-0.3, -0.25) is 4.79 Å². The van der Waals surface area contributed by atoms with Crippen molar-refractivity contribution >= 4 is 5.97 Å². The van der Waals surface area contributed by atoms with Gasteiger partial charge in [-0.15, -0.1) is 0 Å². The Labute approximate surface area is 112 Å². The number of carbonyl (C=O) groups excluding carboxylic acids is 1. The minimum Gasteiger partial charge on any atom is -0.506 e. The van der Waals surface area contributed by atoms with Crippen LogP contribution >= 0.6 is 0 Å². The number of pyridine rings is 1. The summed E-state index contributed by atoms with van der Waals surface area (Å²) in [6.45, 7) is 0.113. The molecule has 19 heavy (non-hydrogen) atoms. The number of aromatic nitrogens is 1. The van der Waals surface area contributed by atoms with E-state index in [2.05, 4.69) is 21.6 Å². The van der Waals surface area contributed by atoms with E-state index < -0.39 is 0 Å². The van der Waals surface area contributed by atoms with E-state index in [9.17, 15) is 9.90 Å². The zero-order valence-electron chi connectivity index (χ0n) is 10.8. The zero-order valence-corrected chi connectivity index (χ0v) is 10.8. The summed E-state index contributed by atoms with van der Waals surface area (Å²) >= 11 is 0. The molecule has 0 aliphatic rings. The van der Waals surface area contributed by atoms with Crippen molar-refractivity contribution in [3.63, 3.8) is 0 Å². The Morgan fingerprint density at radius 1 is 1.47 bits per heavy atom. The van der Waals surface area contributed by atoms with Gasteiger partial charge in [-0.05, 0) is 24.5 Å². The second-order valence-electron chi connectivity index (χ2n) is 3.87. The maximum Gasteiger partial charge on any atom is 0.305 e. The molecule has 0 fully saturated rings. The number of nitrogens with zero attached hydrogens (tertiary/aromatic N) is 1. The van der Waals surface area contributed by atoms with Crippen molar-refractivity contribution in [2.75, 3.05) is 13.7 Å². The SMILES string of the molecule is COC(=O)CCc1nc(C#CCCCO)ccc1O. The van der Waals surface area contributed by atoms with Crippen LogP contribution in [0.5, 0.6) is 5.75 Å². The Bertz CT molecular complexity index is 488. The van der Waals surface area contributed by atoms with Crippen LogP contribution in [0, 0.1) is 11.8 Å². The molecule has 5 nitrogen and oxygen atoms in total. The number of hydrogen-bond donors (Lipinski definition) is 2. The van der Waals surface area contributed by atoms with Crippen molar-refractivity contribution in [1.82, 2.24) is 4.98 Å². The first-order chi connectivity index (χ1) is 9.17. The molecule has 0 saturated carbocycles. The summed E-state index contributed by atoms with van der Waals surface area (Å²) in [6, 6.07) is 3.12. The van der Waals surface area contributed by atoms with Gasteiger partial charge in [0.15, 0.2) is 0 Å². The van der Waals surface area contributed by atoms with Gasteiger partial charge >= 0.3 is 5.97 Å². The lowest BCUT2D eigenvalue weighted by molar-refractivity contribution is -0.140. The molecule has 0 saturated heterocycles. The lowest BCUT2D eigenvalue weighted by Crippen LogP contribution is -2.03. The lowest BCUT2D eigenvalue weighted by atomic mass is 10.2. The van der Waals surface area contributed by atoms with E-state index in [4.69, 9.17) is 5.11 Å². The molecule has 0 atom stereocenters. The molecule has 0 spiro atoms. The quantitative estimate of drug-likeness (QED) is 0.471. The molecule has 1 aromatic heterocycles. The van der Waals surface area contributed by atoms with E-state index in [1.165, 1.54) is 13.2 Å². The number of aliphatic hydroxyl groups is 1. The van der Waals surface area contributed by atoms with Crippen LogP contribution in [-0.2, 0) is 16.0 Å². The number of aromatic hydroxyl groups is 1. The number of ether oxygens (including phenoxy) is 1. The number of methoxy groups -OCH3 is 1. The number of aliphatic hydroxyl groups excluding tert-OH is 1. The number of hydrogen-bond acceptors (Lipinski definition) is 5. The maximum absolute atomic E-state index is 11.0. The fraction of sp³-hybridized carbons (Fsp3) is 0.429. The van der Waals surface area contributed by atoms with Crippen LogP contribution in [-0.4, -0.2) is 34.9 Å². The Morgan fingerprint density at radius 2 is 2.26 bits per heavy atom. The molecule has 0 aromatic carbocycles. The third kappa shape index (κ3) is 5.40. The molecule has 102 valence electrons. The third-order valence-electron chi connectivity index (χ3n) is 2.42. The fourth-order valence-corrected chi connectivity index (χ4v) is 1.39. The highest BCUT2D eigenvalue weighted by atomic mass is 16.5. The van der Waals surface area contributed by atoms with Gasteiger partial charge in [0.05, 0.1) is 19.2 Å². The van der Waals surface area contributed by atoms with Crippen molar-refractivity contribution in [2.24, 2.45) is 0 Å². The van der Waals surface area contributed by atoms with Gasteiger partial charge in [0.2, 0.25) is 0 Å². The summed E-state index contributed by atoms with van der Waals surface area (Å²) in [4.78, 5) is 15.2. The van der Waals surface area contributed by atoms with Crippen LogP contribution in [0.1, 0.15) is 30.7 Å². The molecule has 1 rings (SSSR count). The summed E-state index contributed by atoms with van der Waals surface area (Å²) in [5, 5.41) is 18.3. The van der Waals surface area contributed by atoms with Gasteiger partial charge < -0.3 is 14.9 Å². The Morgan fingerprint density at radius 3 is 2.95 bits per heavy atom. The van der Waals surface area contributed by atoms with E-state index in [-0.39, 0.29) is 24.7 Å². The molecule has 0 bridgehead atoms. The first kappa shape index (κ1) is 15.0. The average molecular weight is 263 g/mol. The van der Waals surface area contributed by atoms with Crippen molar-refractivity contribution in [2.45, 2.75) is 25.7 Å². The minimum absolute atomic E-state index is 0.0461. The molecule has 0 radical (unpaired) electrons. The largest absolute Gasteiger partial charge is 0.506 e. The average Bonchev–Trinajstić information content (AvgIpc) is 2.43. The van der Waals surface area contributed by atoms with Crippen molar-refractivity contribution in [3.8, 4) is 17.6 Å². The molecule has 0 amide bonds. The zero-order chi connectivity index (χ0) is 14.1.